The molecule has 6 nitrogen and oxygen atoms in total. The van der Waals surface area contributed by atoms with E-state index in [-0.39, 0.29) is 5.79 Å². The van der Waals surface area contributed by atoms with E-state index >= 15 is 0 Å². The number of aromatic nitrogens is 2. The number of hydrogen-bond acceptors (Lipinski definition) is 6. The summed E-state index contributed by atoms with van der Waals surface area (Å²) >= 11 is 0. The van der Waals surface area contributed by atoms with Crippen LogP contribution in [0.3, 0.4) is 0 Å². The largest absolute Gasteiger partial charge is 0.347 e. The number of rotatable bonds is 4. The zero-order valence-electron chi connectivity index (χ0n) is 16.4. The Bertz CT molecular complexity index is 793. The van der Waals surface area contributed by atoms with Gasteiger partial charge in [-0.2, -0.15) is 4.98 Å². The van der Waals surface area contributed by atoms with E-state index in [9.17, 15) is 0 Å². The molecule has 1 aromatic heterocycles. The molecule has 2 aliphatic rings. The number of piperidine rings is 1. The molecule has 0 amide bonds. The van der Waals surface area contributed by atoms with Crippen molar-refractivity contribution in [3.8, 4) is 0 Å². The van der Waals surface area contributed by atoms with Crippen LogP contribution in [-0.4, -0.2) is 42.1 Å². The molecule has 0 unspecified atom stereocenters. The molecule has 0 saturated carbocycles. The average Bonchev–Trinajstić information content (AvgIpc) is 3.12. The quantitative estimate of drug-likeness (QED) is 0.880. The van der Waals surface area contributed by atoms with Crippen molar-refractivity contribution in [1.29, 1.82) is 0 Å². The van der Waals surface area contributed by atoms with Gasteiger partial charge in [0.25, 0.3) is 0 Å². The van der Waals surface area contributed by atoms with E-state index in [1.807, 2.05) is 12.3 Å². The maximum atomic E-state index is 5.82. The van der Waals surface area contributed by atoms with E-state index in [1.165, 1.54) is 11.1 Å². The van der Waals surface area contributed by atoms with Crippen LogP contribution in [0.25, 0.3) is 0 Å². The van der Waals surface area contributed by atoms with Crippen molar-refractivity contribution in [3.05, 3.63) is 41.6 Å². The van der Waals surface area contributed by atoms with Gasteiger partial charge >= 0.3 is 0 Å². The molecule has 144 valence electrons. The van der Waals surface area contributed by atoms with Crippen molar-refractivity contribution in [1.82, 2.24) is 9.97 Å². The highest BCUT2D eigenvalue weighted by Crippen LogP contribution is 2.33. The maximum absolute atomic E-state index is 5.82. The lowest BCUT2D eigenvalue weighted by Crippen LogP contribution is -2.45. The zero-order valence-corrected chi connectivity index (χ0v) is 16.4. The highest BCUT2D eigenvalue weighted by atomic mass is 16.7. The lowest BCUT2D eigenvalue weighted by molar-refractivity contribution is -0.169. The Morgan fingerprint density at radius 1 is 1.11 bits per heavy atom. The molecule has 3 heterocycles. The van der Waals surface area contributed by atoms with Crippen LogP contribution in [-0.2, 0) is 9.47 Å². The van der Waals surface area contributed by atoms with Gasteiger partial charge in [0.2, 0.25) is 5.95 Å². The molecule has 0 radical (unpaired) electrons. The Kier molecular flexibility index (Phi) is 5.02. The first-order chi connectivity index (χ1) is 13.1. The minimum Gasteiger partial charge on any atom is -0.347 e. The van der Waals surface area contributed by atoms with Gasteiger partial charge in [-0.15, -0.1) is 0 Å². The van der Waals surface area contributed by atoms with Crippen molar-refractivity contribution < 1.29 is 9.47 Å². The third-order valence-electron chi connectivity index (χ3n) is 5.44. The molecule has 0 atom stereocenters. The molecule has 2 aliphatic heterocycles. The van der Waals surface area contributed by atoms with Crippen molar-refractivity contribution in [2.45, 2.75) is 45.3 Å². The fraction of sp³-hybridized carbons (Fsp3) is 0.524. The van der Waals surface area contributed by atoms with Gasteiger partial charge in [0.15, 0.2) is 5.79 Å². The van der Waals surface area contributed by atoms with E-state index in [1.54, 1.807) is 0 Å². The number of benzene rings is 1. The van der Waals surface area contributed by atoms with Crippen molar-refractivity contribution in [2.75, 3.05) is 36.5 Å². The first-order valence-electron chi connectivity index (χ1n) is 9.79. The summed E-state index contributed by atoms with van der Waals surface area (Å²) in [6.45, 7) is 9.62. The molecule has 0 aliphatic carbocycles. The minimum atomic E-state index is -0.375. The predicted molar refractivity (Wildman–Crippen MR) is 107 cm³/mol. The van der Waals surface area contributed by atoms with Gasteiger partial charge in [-0.3, -0.25) is 0 Å². The second-order valence-electron chi connectivity index (χ2n) is 7.66. The monoisotopic (exact) mass is 368 g/mol. The summed E-state index contributed by atoms with van der Waals surface area (Å²) in [6.07, 6.45) is 3.53. The third-order valence-corrected chi connectivity index (χ3v) is 5.44. The number of anilines is 3. The third kappa shape index (κ3) is 3.77. The van der Waals surface area contributed by atoms with Crippen molar-refractivity contribution in [2.24, 2.45) is 0 Å². The molecule has 27 heavy (non-hydrogen) atoms. The SMILES string of the molecule is Cc1cccc(C(C)C)c1Nc1ccnc(N2CCC3(CC2)OCCO3)n1. The summed E-state index contributed by atoms with van der Waals surface area (Å²) in [7, 11) is 0. The number of nitrogens with one attached hydrogen (secondary N) is 1. The normalized spacial score (nSPS) is 19.0. The molecule has 1 spiro atoms. The highest BCUT2D eigenvalue weighted by molar-refractivity contribution is 5.66. The summed E-state index contributed by atoms with van der Waals surface area (Å²) < 4.78 is 11.6. The Balaban J connectivity index is 1.51. The van der Waals surface area contributed by atoms with Gasteiger partial charge in [0, 0.05) is 37.8 Å². The van der Waals surface area contributed by atoms with Crippen LogP contribution in [0.15, 0.2) is 30.5 Å². The van der Waals surface area contributed by atoms with E-state index in [0.29, 0.717) is 19.1 Å². The van der Waals surface area contributed by atoms with Gasteiger partial charge in [-0.05, 0) is 30.0 Å². The number of para-hydroxylation sites is 1. The van der Waals surface area contributed by atoms with Gasteiger partial charge < -0.3 is 19.7 Å². The lowest BCUT2D eigenvalue weighted by atomic mass is 9.98. The number of hydrogen-bond donors (Lipinski definition) is 1. The second-order valence-corrected chi connectivity index (χ2v) is 7.66. The molecule has 2 aromatic rings. The van der Waals surface area contributed by atoms with Crippen LogP contribution in [0.1, 0.15) is 43.7 Å². The second kappa shape index (κ2) is 7.44. The molecule has 2 saturated heterocycles. The summed E-state index contributed by atoms with van der Waals surface area (Å²) in [4.78, 5) is 11.5. The Morgan fingerprint density at radius 2 is 1.85 bits per heavy atom. The Morgan fingerprint density at radius 3 is 2.56 bits per heavy atom. The van der Waals surface area contributed by atoms with Gasteiger partial charge in [-0.25, -0.2) is 4.98 Å². The molecule has 6 heteroatoms. The molecule has 1 N–H and O–H groups in total. The standard InChI is InChI=1S/C21H28N4O2/c1-15(2)17-6-4-5-16(3)19(17)23-18-7-10-22-20(24-18)25-11-8-21(9-12-25)26-13-14-27-21/h4-7,10,15H,8-9,11-14H2,1-3H3,(H,22,23,24). The molecular formula is C21H28N4O2. The molecule has 0 bridgehead atoms. The van der Waals surface area contributed by atoms with Crippen molar-refractivity contribution >= 4 is 17.5 Å². The molecule has 1 aromatic carbocycles. The topological polar surface area (TPSA) is 59.5 Å². The first-order valence-corrected chi connectivity index (χ1v) is 9.79. The zero-order chi connectivity index (χ0) is 18.9. The number of nitrogens with zero attached hydrogens (tertiary/aromatic N) is 3. The molecular weight excluding hydrogens is 340 g/mol. The summed E-state index contributed by atoms with van der Waals surface area (Å²) in [5.41, 5.74) is 3.66. The predicted octanol–water partition coefficient (Wildman–Crippen LogP) is 4.00. The van der Waals surface area contributed by atoms with Crippen LogP contribution in [0.5, 0.6) is 0 Å². The Labute approximate surface area is 160 Å². The Hall–Kier alpha value is -2.18. The maximum Gasteiger partial charge on any atom is 0.227 e. The first kappa shape index (κ1) is 18.2. The van der Waals surface area contributed by atoms with Gasteiger partial charge in [0.05, 0.1) is 13.2 Å². The van der Waals surface area contributed by atoms with Crippen molar-refractivity contribution in [3.63, 3.8) is 0 Å². The summed E-state index contributed by atoms with van der Waals surface area (Å²) in [6, 6.07) is 8.34. The van der Waals surface area contributed by atoms with E-state index in [2.05, 4.69) is 54.2 Å². The molecule has 2 fully saturated rings. The number of ether oxygens (including phenoxy) is 2. The van der Waals surface area contributed by atoms with Crippen LogP contribution < -0.4 is 10.2 Å². The summed E-state index contributed by atoms with van der Waals surface area (Å²) in [5.74, 6) is 1.65. The van der Waals surface area contributed by atoms with Crippen LogP contribution >= 0.6 is 0 Å². The van der Waals surface area contributed by atoms with E-state index in [4.69, 9.17) is 14.5 Å². The van der Waals surface area contributed by atoms with Gasteiger partial charge in [0.1, 0.15) is 5.82 Å². The van der Waals surface area contributed by atoms with E-state index < -0.39 is 0 Å². The smallest absolute Gasteiger partial charge is 0.227 e. The molecule has 4 rings (SSSR count). The fourth-order valence-corrected chi connectivity index (χ4v) is 3.87. The lowest BCUT2D eigenvalue weighted by Gasteiger charge is -2.37. The van der Waals surface area contributed by atoms with Gasteiger partial charge in [-0.1, -0.05) is 32.0 Å². The fourth-order valence-electron chi connectivity index (χ4n) is 3.87. The van der Waals surface area contributed by atoms with E-state index in [0.717, 1.165) is 43.4 Å². The minimum absolute atomic E-state index is 0.375. The van der Waals surface area contributed by atoms with Crippen LogP contribution in [0, 0.1) is 6.92 Å². The number of aryl methyl sites for hydroxylation is 1. The van der Waals surface area contributed by atoms with Crippen LogP contribution in [0.2, 0.25) is 0 Å². The van der Waals surface area contributed by atoms with Crippen LogP contribution in [0.4, 0.5) is 17.5 Å². The average molecular weight is 368 g/mol. The summed E-state index contributed by atoms with van der Waals surface area (Å²) in [5, 5.41) is 3.52. The highest BCUT2D eigenvalue weighted by Gasteiger charge is 2.40.